The van der Waals surface area contributed by atoms with Gasteiger partial charge in [-0.3, -0.25) is 4.68 Å². The lowest BCUT2D eigenvalue weighted by molar-refractivity contribution is 0.194. The molecule has 0 aliphatic carbocycles. The zero-order valence-electron chi connectivity index (χ0n) is 14.1. The Hall–Kier alpha value is -3.59. The van der Waals surface area contributed by atoms with Crippen molar-refractivity contribution in [1.29, 1.82) is 5.26 Å². The van der Waals surface area contributed by atoms with Gasteiger partial charge in [-0.25, -0.2) is 4.79 Å². The highest BCUT2D eigenvalue weighted by molar-refractivity contribution is 5.89. The molecule has 0 bridgehead atoms. The third kappa shape index (κ3) is 2.91. The summed E-state index contributed by atoms with van der Waals surface area (Å²) >= 11 is 0. The third-order valence-electron chi connectivity index (χ3n) is 4.52. The number of hydrogen-bond donors (Lipinski definition) is 1. The minimum absolute atomic E-state index is 0.136. The Morgan fingerprint density at radius 3 is 2.62 bits per heavy atom. The van der Waals surface area contributed by atoms with E-state index in [0.29, 0.717) is 25.2 Å². The predicted molar refractivity (Wildman–Crippen MR) is 98.2 cm³/mol. The first-order chi connectivity index (χ1) is 12.8. The molecule has 1 aliphatic heterocycles. The van der Waals surface area contributed by atoms with E-state index in [1.165, 1.54) is 0 Å². The van der Waals surface area contributed by atoms with E-state index < -0.39 is 0 Å². The van der Waals surface area contributed by atoms with Gasteiger partial charge >= 0.3 is 6.03 Å². The second-order valence-electron chi connectivity index (χ2n) is 6.10. The molecule has 0 saturated heterocycles. The van der Waals surface area contributed by atoms with Crippen molar-refractivity contribution < 1.29 is 4.79 Å². The number of para-hydroxylation sites is 1. The first kappa shape index (κ1) is 15.9. The lowest BCUT2D eigenvalue weighted by Crippen LogP contribution is -2.41. The van der Waals surface area contributed by atoms with Gasteiger partial charge in [-0.15, -0.1) is 0 Å². The van der Waals surface area contributed by atoms with E-state index in [1.807, 2.05) is 53.2 Å². The monoisotopic (exact) mass is 343 g/mol. The van der Waals surface area contributed by atoms with Crippen LogP contribution < -0.4 is 5.32 Å². The molecule has 0 spiro atoms. The van der Waals surface area contributed by atoms with E-state index in [0.717, 1.165) is 22.5 Å². The fraction of sp³-hybridized carbons (Fsp3) is 0.150. The molecule has 128 valence electrons. The summed E-state index contributed by atoms with van der Waals surface area (Å²) in [7, 11) is 0. The van der Waals surface area contributed by atoms with Crippen LogP contribution in [0.15, 0.2) is 60.8 Å². The first-order valence-corrected chi connectivity index (χ1v) is 8.41. The molecule has 6 heteroatoms. The average Bonchev–Trinajstić information content (AvgIpc) is 3.11. The topological polar surface area (TPSA) is 74.0 Å². The quantitative estimate of drug-likeness (QED) is 0.774. The maximum Gasteiger partial charge on any atom is 0.322 e. The number of anilines is 1. The molecule has 6 nitrogen and oxygen atoms in total. The standard InChI is InChI=1S/C20H17N5O/c21-12-15-6-4-5-9-17(15)18-13-22-25-11-10-24(14-19(18)25)20(26)23-16-7-2-1-3-8-16/h1-9,13H,10-11,14H2,(H,23,26). The number of carbonyl (C=O) groups is 1. The summed E-state index contributed by atoms with van der Waals surface area (Å²) in [4.78, 5) is 14.4. The van der Waals surface area contributed by atoms with Gasteiger partial charge in [-0.2, -0.15) is 10.4 Å². The fourth-order valence-corrected chi connectivity index (χ4v) is 3.18. The molecule has 26 heavy (non-hydrogen) atoms. The highest BCUT2D eigenvalue weighted by Gasteiger charge is 2.25. The Morgan fingerprint density at radius 1 is 1.04 bits per heavy atom. The number of aromatic nitrogens is 2. The first-order valence-electron chi connectivity index (χ1n) is 8.41. The van der Waals surface area contributed by atoms with Crippen molar-refractivity contribution in [3.05, 3.63) is 72.1 Å². The van der Waals surface area contributed by atoms with Crippen LogP contribution in [0.2, 0.25) is 0 Å². The molecule has 0 saturated carbocycles. The summed E-state index contributed by atoms with van der Waals surface area (Å²) < 4.78 is 1.91. The number of amides is 2. The number of benzene rings is 2. The summed E-state index contributed by atoms with van der Waals surface area (Å²) in [5, 5.41) is 16.7. The molecule has 2 amide bonds. The fourth-order valence-electron chi connectivity index (χ4n) is 3.18. The van der Waals surface area contributed by atoms with Crippen molar-refractivity contribution in [2.75, 3.05) is 11.9 Å². The molecule has 2 heterocycles. The molecule has 1 N–H and O–H groups in total. The maximum atomic E-state index is 12.6. The largest absolute Gasteiger partial charge is 0.322 e. The second kappa shape index (κ2) is 6.73. The average molecular weight is 343 g/mol. The summed E-state index contributed by atoms with van der Waals surface area (Å²) in [6, 6.07) is 19.0. The van der Waals surface area contributed by atoms with Crippen LogP contribution in [0.4, 0.5) is 10.5 Å². The third-order valence-corrected chi connectivity index (χ3v) is 4.52. The van der Waals surface area contributed by atoms with E-state index in [1.54, 1.807) is 17.2 Å². The van der Waals surface area contributed by atoms with Crippen LogP contribution in [0.25, 0.3) is 11.1 Å². The molecular weight excluding hydrogens is 326 g/mol. The highest BCUT2D eigenvalue weighted by atomic mass is 16.2. The van der Waals surface area contributed by atoms with Crippen molar-refractivity contribution in [1.82, 2.24) is 14.7 Å². The number of rotatable bonds is 2. The lowest BCUT2D eigenvalue weighted by Gasteiger charge is -2.28. The van der Waals surface area contributed by atoms with Gasteiger partial charge in [-0.1, -0.05) is 36.4 Å². The molecule has 3 aromatic rings. The van der Waals surface area contributed by atoms with Crippen LogP contribution in [0.5, 0.6) is 0 Å². The van der Waals surface area contributed by atoms with Gasteiger partial charge in [0, 0.05) is 23.4 Å². The highest BCUT2D eigenvalue weighted by Crippen LogP contribution is 2.29. The molecule has 1 aromatic heterocycles. The van der Waals surface area contributed by atoms with Crippen molar-refractivity contribution in [2.45, 2.75) is 13.1 Å². The van der Waals surface area contributed by atoms with Crippen molar-refractivity contribution >= 4 is 11.7 Å². The van der Waals surface area contributed by atoms with Gasteiger partial charge in [-0.05, 0) is 18.2 Å². The maximum absolute atomic E-state index is 12.6. The molecule has 0 atom stereocenters. The molecule has 0 unspecified atom stereocenters. The Balaban J connectivity index is 1.60. The van der Waals surface area contributed by atoms with Crippen LogP contribution in [0.1, 0.15) is 11.3 Å². The van der Waals surface area contributed by atoms with Gasteiger partial charge in [0.15, 0.2) is 0 Å². The summed E-state index contributed by atoms with van der Waals surface area (Å²) in [6.07, 6.45) is 1.78. The van der Waals surface area contributed by atoms with Crippen LogP contribution in [0.3, 0.4) is 0 Å². The van der Waals surface area contributed by atoms with E-state index in [2.05, 4.69) is 16.5 Å². The predicted octanol–water partition coefficient (Wildman–Crippen LogP) is 3.47. The zero-order valence-corrected chi connectivity index (χ0v) is 14.1. The molecule has 1 aliphatic rings. The number of fused-ring (bicyclic) bond motifs is 1. The normalized spacial score (nSPS) is 13.0. The van der Waals surface area contributed by atoms with Gasteiger partial charge in [0.05, 0.1) is 36.6 Å². The molecule has 0 radical (unpaired) electrons. The Morgan fingerprint density at radius 2 is 1.81 bits per heavy atom. The number of hydrogen-bond acceptors (Lipinski definition) is 3. The van der Waals surface area contributed by atoms with E-state index >= 15 is 0 Å². The number of nitrogens with one attached hydrogen (secondary N) is 1. The summed E-state index contributed by atoms with van der Waals surface area (Å²) in [5.74, 6) is 0. The Labute approximate surface area is 151 Å². The minimum Gasteiger partial charge on any atom is -0.317 e. The number of nitriles is 1. The Bertz CT molecular complexity index is 987. The van der Waals surface area contributed by atoms with Gasteiger partial charge in [0.2, 0.25) is 0 Å². The van der Waals surface area contributed by atoms with Gasteiger partial charge < -0.3 is 10.2 Å². The molecule has 2 aromatic carbocycles. The van der Waals surface area contributed by atoms with Crippen LogP contribution >= 0.6 is 0 Å². The number of nitrogens with zero attached hydrogens (tertiary/aromatic N) is 4. The molecule has 4 rings (SSSR count). The van der Waals surface area contributed by atoms with Gasteiger partial charge in [0.1, 0.15) is 0 Å². The number of carbonyl (C=O) groups excluding carboxylic acids is 1. The summed E-state index contributed by atoms with van der Waals surface area (Å²) in [6.45, 7) is 1.67. The smallest absolute Gasteiger partial charge is 0.317 e. The summed E-state index contributed by atoms with van der Waals surface area (Å²) in [5.41, 5.74) is 4.07. The van der Waals surface area contributed by atoms with Crippen LogP contribution in [-0.4, -0.2) is 27.3 Å². The number of urea groups is 1. The van der Waals surface area contributed by atoms with E-state index in [9.17, 15) is 10.1 Å². The van der Waals surface area contributed by atoms with Crippen LogP contribution in [-0.2, 0) is 13.1 Å². The molecule has 0 fully saturated rings. The second-order valence-corrected chi connectivity index (χ2v) is 6.10. The minimum atomic E-state index is -0.136. The van der Waals surface area contributed by atoms with E-state index in [4.69, 9.17) is 0 Å². The Kier molecular flexibility index (Phi) is 4.12. The van der Waals surface area contributed by atoms with Gasteiger partial charge in [0.25, 0.3) is 0 Å². The van der Waals surface area contributed by atoms with Crippen molar-refractivity contribution in [3.8, 4) is 17.2 Å². The zero-order chi connectivity index (χ0) is 17.9. The van der Waals surface area contributed by atoms with Crippen molar-refractivity contribution in [3.63, 3.8) is 0 Å². The molecular formula is C20H17N5O. The van der Waals surface area contributed by atoms with E-state index in [-0.39, 0.29) is 6.03 Å². The van der Waals surface area contributed by atoms with Crippen molar-refractivity contribution in [2.24, 2.45) is 0 Å². The van der Waals surface area contributed by atoms with Crippen LogP contribution in [0, 0.1) is 11.3 Å². The lowest BCUT2D eigenvalue weighted by atomic mass is 10.0. The SMILES string of the molecule is N#Cc1ccccc1-c1cnn2c1CN(C(=O)Nc1ccccc1)CC2.